The molecule has 2 rings (SSSR count). The number of benzene rings is 2. The highest BCUT2D eigenvalue weighted by molar-refractivity contribution is 6.42. The molecule has 23 heavy (non-hydrogen) atoms. The van der Waals surface area contributed by atoms with E-state index in [4.69, 9.17) is 27.9 Å². The van der Waals surface area contributed by atoms with Crippen molar-refractivity contribution in [1.82, 2.24) is 5.32 Å². The summed E-state index contributed by atoms with van der Waals surface area (Å²) in [6, 6.07) is 14.5. The molecule has 0 saturated heterocycles. The minimum Gasteiger partial charge on any atom is -0.465 e. The van der Waals surface area contributed by atoms with E-state index in [-0.39, 0.29) is 11.9 Å². The molecule has 4 nitrogen and oxygen atoms in total. The van der Waals surface area contributed by atoms with Crippen LogP contribution in [0, 0.1) is 0 Å². The maximum Gasteiger partial charge on any atom is 0.292 e. The largest absolute Gasteiger partial charge is 0.465 e. The molecule has 0 aliphatic carbocycles. The molecule has 0 atom stereocenters. The van der Waals surface area contributed by atoms with Crippen LogP contribution in [0.25, 0.3) is 0 Å². The minimum absolute atomic E-state index is 0.174. The zero-order valence-corrected chi connectivity index (χ0v) is 14.1. The molecule has 0 heterocycles. The summed E-state index contributed by atoms with van der Waals surface area (Å²) in [4.78, 5) is 16.5. The molecule has 0 bridgehead atoms. The standard InChI is InChI=1S/C17H16Cl2N2O2/c1-2-23-17(20-11-12-6-4-3-5-7-12)21-16(22)13-8-9-14(18)15(19)10-13/h3-10H,2,11H2,1H3,(H,20,21,22). The lowest BCUT2D eigenvalue weighted by atomic mass is 10.2. The smallest absolute Gasteiger partial charge is 0.292 e. The molecule has 0 radical (unpaired) electrons. The lowest BCUT2D eigenvalue weighted by Gasteiger charge is -2.10. The van der Waals surface area contributed by atoms with E-state index < -0.39 is 0 Å². The van der Waals surface area contributed by atoms with Crippen LogP contribution in [0.5, 0.6) is 0 Å². The molecule has 1 N–H and O–H groups in total. The number of ether oxygens (including phenoxy) is 1. The molecule has 0 aliphatic heterocycles. The quantitative estimate of drug-likeness (QED) is 0.659. The van der Waals surface area contributed by atoms with E-state index >= 15 is 0 Å². The Morgan fingerprint density at radius 2 is 1.87 bits per heavy atom. The molecular formula is C17H16Cl2N2O2. The van der Waals surface area contributed by atoms with Gasteiger partial charge < -0.3 is 4.74 Å². The van der Waals surface area contributed by atoms with Crippen molar-refractivity contribution in [1.29, 1.82) is 0 Å². The summed E-state index contributed by atoms with van der Waals surface area (Å²) in [5.74, 6) is -0.358. The molecule has 6 heteroatoms. The molecule has 2 aromatic carbocycles. The van der Waals surface area contributed by atoms with Crippen LogP contribution in [0.2, 0.25) is 10.0 Å². The first-order valence-corrected chi connectivity index (χ1v) is 7.83. The molecule has 0 spiro atoms. The lowest BCUT2D eigenvalue weighted by molar-refractivity contribution is 0.0966. The summed E-state index contributed by atoms with van der Waals surface area (Å²) in [5.41, 5.74) is 1.40. The second-order valence-corrected chi connectivity index (χ2v) is 5.44. The number of amides is 1. The van der Waals surface area contributed by atoms with Crippen LogP contribution < -0.4 is 5.32 Å². The van der Waals surface area contributed by atoms with E-state index in [1.807, 2.05) is 37.3 Å². The molecule has 0 saturated carbocycles. The van der Waals surface area contributed by atoms with Gasteiger partial charge in [0.25, 0.3) is 11.9 Å². The fraction of sp³-hybridized carbons (Fsp3) is 0.176. The molecule has 0 unspecified atom stereocenters. The molecule has 120 valence electrons. The van der Waals surface area contributed by atoms with Gasteiger partial charge in [0.15, 0.2) is 0 Å². The summed E-state index contributed by atoms with van der Waals surface area (Å²) in [6.45, 7) is 2.64. The fourth-order valence-corrected chi connectivity index (χ4v) is 2.11. The number of nitrogens with zero attached hydrogens (tertiary/aromatic N) is 1. The number of carbonyl (C=O) groups is 1. The molecule has 2 aromatic rings. The zero-order valence-electron chi connectivity index (χ0n) is 12.6. The predicted molar refractivity (Wildman–Crippen MR) is 93.1 cm³/mol. The Morgan fingerprint density at radius 3 is 2.52 bits per heavy atom. The van der Waals surface area contributed by atoms with Gasteiger partial charge in [-0.3, -0.25) is 10.1 Å². The van der Waals surface area contributed by atoms with Gasteiger partial charge in [0.05, 0.1) is 23.2 Å². The summed E-state index contributed by atoms with van der Waals surface area (Å²) in [7, 11) is 0. The van der Waals surface area contributed by atoms with Gasteiger partial charge in [-0.25, -0.2) is 4.99 Å². The van der Waals surface area contributed by atoms with Crippen LogP contribution >= 0.6 is 23.2 Å². The predicted octanol–water partition coefficient (Wildman–Crippen LogP) is 4.32. The van der Waals surface area contributed by atoms with Crippen molar-refractivity contribution in [3.63, 3.8) is 0 Å². The Bertz CT molecular complexity index is 703. The van der Waals surface area contributed by atoms with Gasteiger partial charge in [-0.05, 0) is 30.7 Å². The van der Waals surface area contributed by atoms with Crippen LogP contribution in [-0.4, -0.2) is 18.5 Å². The van der Waals surface area contributed by atoms with Gasteiger partial charge in [-0.2, -0.15) is 0 Å². The minimum atomic E-state index is -0.358. The van der Waals surface area contributed by atoms with Gasteiger partial charge in [-0.15, -0.1) is 0 Å². The first-order valence-electron chi connectivity index (χ1n) is 7.07. The van der Waals surface area contributed by atoms with E-state index in [1.54, 1.807) is 12.1 Å². The number of halogens is 2. The third kappa shape index (κ3) is 5.27. The maximum absolute atomic E-state index is 12.2. The third-order valence-corrected chi connectivity index (χ3v) is 3.67. The van der Waals surface area contributed by atoms with E-state index in [0.717, 1.165) is 5.56 Å². The van der Waals surface area contributed by atoms with Crippen LogP contribution in [-0.2, 0) is 11.3 Å². The lowest BCUT2D eigenvalue weighted by Crippen LogP contribution is -2.32. The van der Waals surface area contributed by atoms with Gasteiger partial charge >= 0.3 is 0 Å². The van der Waals surface area contributed by atoms with Crippen LogP contribution in [0.3, 0.4) is 0 Å². The summed E-state index contributed by atoms with van der Waals surface area (Å²) in [5, 5.41) is 3.35. The average molecular weight is 351 g/mol. The maximum atomic E-state index is 12.2. The van der Waals surface area contributed by atoms with Crippen molar-refractivity contribution < 1.29 is 9.53 Å². The van der Waals surface area contributed by atoms with Crippen molar-refractivity contribution in [2.45, 2.75) is 13.5 Å². The number of amidine groups is 1. The Balaban J connectivity index is 2.08. The molecule has 0 aromatic heterocycles. The summed E-state index contributed by atoms with van der Waals surface area (Å²) in [6.07, 6.45) is 0. The van der Waals surface area contributed by atoms with Crippen molar-refractivity contribution in [2.75, 3.05) is 6.61 Å². The van der Waals surface area contributed by atoms with Crippen LogP contribution in [0.15, 0.2) is 53.5 Å². The second kappa shape index (κ2) is 8.56. The Kier molecular flexibility index (Phi) is 6.44. The van der Waals surface area contributed by atoms with E-state index in [2.05, 4.69) is 10.3 Å². The number of hydrogen-bond acceptors (Lipinski definition) is 3. The molecule has 0 aliphatic rings. The topological polar surface area (TPSA) is 50.7 Å². The Morgan fingerprint density at radius 1 is 1.13 bits per heavy atom. The van der Waals surface area contributed by atoms with E-state index in [1.165, 1.54) is 6.07 Å². The first kappa shape index (κ1) is 17.3. The number of aliphatic imine (C=N–C) groups is 1. The fourth-order valence-electron chi connectivity index (χ4n) is 1.81. The highest BCUT2D eigenvalue weighted by Gasteiger charge is 2.11. The molecular weight excluding hydrogens is 335 g/mol. The van der Waals surface area contributed by atoms with Crippen LogP contribution in [0.1, 0.15) is 22.8 Å². The number of carbonyl (C=O) groups excluding carboxylic acids is 1. The monoisotopic (exact) mass is 350 g/mol. The van der Waals surface area contributed by atoms with Gasteiger partial charge in [0, 0.05) is 5.56 Å². The molecule has 0 fully saturated rings. The summed E-state index contributed by atoms with van der Waals surface area (Å²) < 4.78 is 5.37. The Hall–Kier alpha value is -2.04. The van der Waals surface area contributed by atoms with E-state index in [9.17, 15) is 4.79 Å². The third-order valence-electron chi connectivity index (χ3n) is 2.93. The summed E-state index contributed by atoms with van der Waals surface area (Å²) >= 11 is 11.8. The number of rotatable bonds is 4. The number of nitrogens with one attached hydrogen (secondary N) is 1. The van der Waals surface area contributed by atoms with E-state index in [0.29, 0.717) is 28.8 Å². The SMILES string of the molecule is CCOC(=NCc1ccccc1)NC(=O)c1ccc(Cl)c(Cl)c1. The molecule has 1 amide bonds. The van der Waals surface area contributed by atoms with Crippen molar-refractivity contribution in [2.24, 2.45) is 4.99 Å². The van der Waals surface area contributed by atoms with Gasteiger partial charge in [0.1, 0.15) is 0 Å². The highest BCUT2D eigenvalue weighted by atomic mass is 35.5. The number of hydrogen-bond donors (Lipinski definition) is 1. The van der Waals surface area contributed by atoms with Gasteiger partial charge in [0.2, 0.25) is 0 Å². The normalized spacial score (nSPS) is 11.2. The zero-order chi connectivity index (χ0) is 16.7. The van der Waals surface area contributed by atoms with Crippen LogP contribution in [0.4, 0.5) is 0 Å². The Labute approximate surface area is 145 Å². The van der Waals surface area contributed by atoms with Crippen molar-refractivity contribution >= 4 is 35.1 Å². The average Bonchev–Trinajstić information content (AvgIpc) is 2.56. The van der Waals surface area contributed by atoms with Gasteiger partial charge in [-0.1, -0.05) is 53.5 Å². The van der Waals surface area contributed by atoms with Crippen molar-refractivity contribution in [3.8, 4) is 0 Å². The highest BCUT2D eigenvalue weighted by Crippen LogP contribution is 2.22. The first-order chi connectivity index (χ1) is 11.1. The van der Waals surface area contributed by atoms with Crippen molar-refractivity contribution in [3.05, 3.63) is 69.7 Å². The second-order valence-electron chi connectivity index (χ2n) is 4.62.